The van der Waals surface area contributed by atoms with E-state index in [0.717, 1.165) is 11.3 Å². The van der Waals surface area contributed by atoms with Gasteiger partial charge in [-0.2, -0.15) is 13.2 Å². The van der Waals surface area contributed by atoms with Crippen molar-refractivity contribution in [2.24, 2.45) is 0 Å². The quantitative estimate of drug-likeness (QED) is 0.448. The van der Waals surface area contributed by atoms with Crippen molar-refractivity contribution in [3.63, 3.8) is 0 Å². The van der Waals surface area contributed by atoms with Gasteiger partial charge in [-0.15, -0.1) is 0 Å². The zero-order chi connectivity index (χ0) is 25.0. The topological polar surface area (TPSA) is 108 Å². The van der Waals surface area contributed by atoms with Crippen molar-refractivity contribution in [2.75, 3.05) is 36.5 Å². The second-order valence-electron chi connectivity index (χ2n) is 7.59. The Labute approximate surface area is 198 Å². The fourth-order valence-electron chi connectivity index (χ4n) is 3.63. The lowest BCUT2D eigenvalue weighted by Crippen LogP contribution is -2.56. The number of carbonyl (C=O) groups is 2. The number of esters is 1. The lowest BCUT2D eigenvalue weighted by molar-refractivity contribution is -0.141. The molecule has 1 unspecified atom stereocenters. The molecule has 0 bridgehead atoms. The van der Waals surface area contributed by atoms with Gasteiger partial charge >= 0.3 is 18.2 Å². The molecule has 184 valence electrons. The van der Waals surface area contributed by atoms with Crippen LogP contribution >= 0.6 is 11.6 Å². The molecule has 9 nitrogen and oxygen atoms in total. The standard InChI is InChI=1S/C21H23ClF3N5O4/c1-3-13-8-14(30-7-6-29(20(32)33)10-15(30)11-34-12(2)31)4-5-17(13)27-19-26-9-16(18(22)28-19)21(23,24)25/h4-5,8-9,15H,3,6-7,10-11H2,1-2H3,(H,32,33)(H,26,27,28). The average Bonchev–Trinajstić information content (AvgIpc) is 2.77. The fourth-order valence-corrected chi connectivity index (χ4v) is 3.87. The summed E-state index contributed by atoms with van der Waals surface area (Å²) in [6, 6.07) is 5.01. The number of hydrogen-bond acceptors (Lipinski definition) is 7. The molecule has 3 rings (SSSR count). The first kappa shape index (κ1) is 25.3. The molecule has 0 spiro atoms. The number of ether oxygens (including phenoxy) is 1. The SMILES string of the molecule is CCc1cc(N2CCN(C(=O)O)CC2COC(C)=O)ccc1Nc1ncc(C(F)(F)F)c(Cl)n1. The Kier molecular flexibility index (Phi) is 7.70. The zero-order valence-corrected chi connectivity index (χ0v) is 19.2. The van der Waals surface area contributed by atoms with Crippen molar-refractivity contribution in [1.29, 1.82) is 0 Å². The number of halogens is 4. The van der Waals surface area contributed by atoms with Crippen molar-refractivity contribution in [3.05, 3.63) is 40.7 Å². The summed E-state index contributed by atoms with van der Waals surface area (Å²) in [4.78, 5) is 33.4. The maximum Gasteiger partial charge on any atom is 0.420 e. The van der Waals surface area contributed by atoms with E-state index in [1.54, 1.807) is 12.1 Å². The van der Waals surface area contributed by atoms with Crippen LogP contribution in [0.15, 0.2) is 24.4 Å². The predicted octanol–water partition coefficient (Wildman–Crippen LogP) is 4.19. The number of anilines is 3. The third-order valence-corrected chi connectivity index (χ3v) is 5.62. The zero-order valence-electron chi connectivity index (χ0n) is 18.4. The summed E-state index contributed by atoms with van der Waals surface area (Å²) in [6.07, 6.45) is -4.50. The molecule has 1 aromatic carbocycles. The van der Waals surface area contributed by atoms with Gasteiger partial charge < -0.3 is 25.0 Å². The van der Waals surface area contributed by atoms with E-state index >= 15 is 0 Å². The van der Waals surface area contributed by atoms with Crippen molar-refractivity contribution in [1.82, 2.24) is 14.9 Å². The molecule has 1 amide bonds. The van der Waals surface area contributed by atoms with Gasteiger partial charge in [-0.3, -0.25) is 4.79 Å². The van der Waals surface area contributed by atoms with Crippen molar-refractivity contribution >= 4 is 41.0 Å². The molecule has 1 atom stereocenters. The molecule has 1 saturated heterocycles. The molecular weight excluding hydrogens is 479 g/mol. The van der Waals surface area contributed by atoms with Gasteiger partial charge in [-0.05, 0) is 30.2 Å². The Balaban J connectivity index is 1.84. The normalized spacial score (nSPS) is 16.4. The summed E-state index contributed by atoms with van der Waals surface area (Å²) in [6.45, 7) is 4.06. The molecular formula is C21H23ClF3N5O4. The molecule has 2 N–H and O–H groups in total. The number of nitrogens with one attached hydrogen (secondary N) is 1. The molecule has 2 heterocycles. The summed E-state index contributed by atoms with van der Waals surface area (Å²) in [5.41, 5.74) is 1.08. The van der Waals surface area contributed by atoms with Crippen LogP contribution in [0.2, 0.25) is 5.15 Å². The molecule has 1 aromatic heterocycles. The largest absolute Gasteiger partial charge is 0.465 e. The Morgan fingerprint density at radius 1 is 1.32 bits per heavy atom. The van der Waals surface area contributed by atoms with Crippen molar-refractivity contribution in [3.8, 4) is 0 Å². The van der Waals surface area contributed by atoms with Gasteiger partial charge in [0.05, 0.1) is 6.04 Å². The highest BCUT2D eigenvalue weighted by molar-refractivity contribution is 6.30. The number of piperazine rings is 1. The van der Waals surface area contributed by atoms with Crippen LogP contribution < -0.4 is 10.2 Å². The van der Waals surface area contributed by atoms with Crippen LogP contribution in [0, 0.1) is 0 Å². The summed E-state index contributed by atoms with van der Waals surface area (Å²) < 4.78 is 43.8. The highest BCUT2D eigenvalue weighted by Gasteiger charge is 2.35. The van der Waals surface area contributed by atoms with Gasteiger partial charge in [0.1, 0.15) is 17.3 Å². The van der Waals surface area contributed by atoms with Gasteiger partial charge in [0.15, 0.2) is 0 Å². The molecule has 34 heavy (non-hydrogen) atoms. The molecule has 0 saturated carbocycles. The van der Waals surface area contributed by atoms with Gasteiger partial charge in [0.2, 0.25) is 5.95 Å². The minimum absolute atomic E-state index is 0.0263. The number of benzene rings is 1. The van der Waals surface area contributed by atoms with Crippen molar-refractivity contribution in [2.45, 2.75) is 32.5 Å². The molecule has 1 aliphatic rings. The van der Waals surface area contributed by atoms with Gasteiger partial charge in [0, 0.05) is 44.1 Å². The van der Waals surface area contributed by atoms with Gasteiger partial charge in [-0.25, -0.2) is 14.8 Å². The van der Waals surface area contributed by atoms with E-state index in [0.29, 0.717) is 24.8 Å². The van der Waals surface area contributed by atoms with E-state index in [1.807, 2.05) is 17.9 Å². The molecule has 1 fully saturated rings. The Morgan fingerprint density at radius 2 is 2.06 bits per heavy atom. The van der Waals surface area contributed by atoms with E-state index < -0.39 is 29.0 Å². The highest BCUT2D eigenvalue weighted by atomic mass is 35.5. The van der Waals surface area contributed by atoms with Crippen molar-refractivity contribution < 1.29 is 32.6 Å². The van der Waals surface area contributed by atoms with Gasteiger partial charge in [0.25, 0.3) is 0 Å². The average molecular weight is 502 g/mol. The Bertz CT molecular complexity index is 1070. The molecule has 1 aliphatic heterocycles. The summed E-state index contributed by atoms with van der Waals surface area (Å²) in [5.74, 6) is -0.542. The first-order valence-corrected chi connectivity index (χ1v) is 10.7. The highest BCUT2D eigenvalue weighted by Crippen LogP contribution is 2.34. The number of nitrogens with zero attached hydrogens (tertiary/aromatic N) is 4. The number of amides is 1. The lowest BCUT2D eigenvalue weighted by atomic mass is 10.1. The van der Waals surface area contributed by atoms with E-state index in [9.17, 15) is 27.9 Å². The van der Waals surface area contributed by atoms with Crippen LogP contribution in [0.1, 0.15) is 25.0 Å². The number of alkyl halides is 3. The minimum atomic E-state index is -4.65. The van der Waals surface area contributed by atoms with Crippen LogP contribution in [0.5, 0.6) is 0 Å². The van der Waals surface area contributed by atoms with Crippen LogP contribution in [0.25, 0.3) is 0 Å². The molecule has 0 radical (unpaired) electrons. The van der Waals surface area contributed by atoms with Gasteiger partial charge in [-0.1, -0.05) is 18.5 Å². The number of rotatable bonds is 6. The Hall–Kier alpha value is -3.28. The Morgan fingerprint density at radius 3 is 2.65 bits per heavy atom. The van der Waals surface area contributed by atoms with E-state index in [-0.39, 0.29) is 31.7 Å². The third-order valence-electron chi connectivity index (χ3n) is 5.33. The fraction of sp³-hybridized carbons (Fsp3) is 0.429. The number of carbonyl (C=O) groups excluding carboxylic acids is 1. The maximum absolute atomic E-state index is 12.9. The first-order valence-electron chi connectivity index (χ1n) is 10.4. The second kappa shape index (κ2) is 10.3. The number of carboxylic acid groups (broad SMARTS) is 1. The lowest BCUT2D eigenvalue weighted by Gasteiger charge is -2.41. The summed E-state index contributed by atoms with van der Waals surface area (Å²) in [5, 5.41) is 11.5. The van der Waals surface area contributed by atoms with E-state index in [2.05, 4.69) is 15.3 Å². The third kappa shape index (κ3) is 5.99. The summed E-state index contributed by atoms with van der Waals surface area (Å²) in [7, 11) is 0. The van der Waals surface area contributed by atoms with E-state index in [1.165, 1.54) is 11.8 Å². The number of aryl methyl sites for hydroxylation is 1. The molecule has 2 aromatic rings. The smallest absolute Gasteiger partial charge is 0.420 e. The van der Waals surface area contributed by atoms with E-state index in [4.69, 9.17) is 16.3 Å². The minimum Gasteiger partial charge on any atom is -0.465 e. The maximum atomic E-state index is 12.9. The summed E-state index contributed by atoms with van der Waals surface area (Å²) >= 11 is 5.68. The van der Waals surface area contributed by atoms with Crippen LogP contribution in [0.3, 0.4) is 0 Å². The number of hydrogen-bond donors (Lipinski definition) is 2. The predicted molar refractivity (Wildman–Crippen MR) is 119 cm³/mol. The van der Waals surface area contributed by atoms with Crippen LogP contribution in [-0.2, 0) is 22.1 Å². The molecule has 13 heteroatoms. The number of aromatic nitrogens is 2. The monoisotopic (exact) mass is 501 g/mol. The second-order valence-corrected chi connectivity index (χ2v) is 7.95. The molecule has 0 aliphatic carbocycles. The first-order chi connectivity index (χ1) is 16.0. The van der Waals surface area contributed by atoms with Crippen LogP contribution in [-0.4, -0.2) is 64.3 Å². The van der Waals surface area contributed by atoms with Crippen LogP contribution in [0.4, 0.5) is 35.3 Å².